The smallest absolute Gasteiger partial charge is 0.188 e. The summed E-state index contributed by atoms with van der Waals surface area (Å²) in [7, 11) is 1.50. The lowest BCUT2D eigenvalue weighted by atomic mass is 10.2. The van der Waals surface area contributed by atoms with Gasteiger partial charge in [0.05, 0.1) is 13.7 Å². The average molecular weight is 411 g/mol. The van der Waals surface area contributed by atoms with E-state index in [2.05, 4.69) is 10.3 Å². The molecule has 0 aliphatic rings. The van der Waals surface area contributed by atoms with E-state index in [0.29, 0.717) is 43.6 Å². The van der Waals surface area contributed by atoms with E-state index in [1.807, 2.05) is 6.92 Å². The van der Waals surface area contributed by atoms with Gasteiger partial charge in [-0.15, -0.1) is 24.0 Å². The van der Waals surface area contributed by atoms with E-state index in [-0.39, 0.29) is 29.8 Å². The molecular weight excluding hydrogens is 388 g/mol. The highest BCUT2D eigenvalue weighted by Gasteiger charge is 2.01. The molecule has 0 unspecified atom stereocenters. The minimum atomic E-state index is -0.349. The van der Waals surface area contributed by atoms with Crippen molar-refractivity contribution in [3.05, 3.63) is 29.6 Å². The van der Waals surface area contributed by atoms with Gasteiger partial charge in [-0.3, -0.25) is 0 Å². The molecule has 0 saturated carbocycles. The number of ether oxygens (including phenoxy) is 2. The molecule has 21 heavy (non-hydrogen) atoms. The highest BCUT2D eigenvalue weighted by Crippen LogP contribution is 2.16. The van der Waals surface area contributed by atoms with Crippen LogP contribution in [0.25, 0.3) is 0 Å². The van der Waals surface area contributed by atoms with Crippen LogP contribution in [0.15, 0.2) is 23.2 Å². The van der Waals surface area contributed by atoms with E-state index in [1.54, 1.807) is 6.07 Å². The number of aliphatic imine (C=N–C) groups is 1. The van der Waals surface area contributed by atoms with Crippen LogP contribution in [0.3, 0.4) is 0 Å². The largest absolute Gasteiger partial charge is 0.497 e. The average Bonchev–Trinajstić information content (AvgIpc) is 2.44. The maximum absolute atomic E-state index is 13.3. The van der Waals surface area contributed by atoms with Gasteiger partial charge in [0.1, 0.15) is 11.6 Å². The van der Waals surface area contributed by atoms with Crippen molar-refractivity contribution in [1.29, 1.82) is 0 Å². The van der Waals surface area contributed by atoms with Crippen LogP contribution in [0.2, 0.25) is 0 Å². The number of methoxy groups -OCH3 is 1. The molecule has 1 aromatic carbocycles. The van der Waals surface area contributed by atoms with E-state index in [0.717, 1.165) is 6.42 Å². The van der Waals surface area contributed by atoms with Crippen LogP contribution in [0.5, 0.6) is 5.75 Å². The monoisotopic (exact) mass is 411 g/mol. The molecule has 7 heteroatoms. The number of rotatable bonds is 8. The summed E-state index contributed by atoms with van der Waals surface area (Å²) in [5.41, 5.74) is 6.43. The summed E-state index contributed by atoms with van der Waals surface area (Å²) in [6, 6.07) is 4.46. The van der Waals surface area contributed by atoms with Gasteiger partial charge in [0.25, 0.3) is 0 Å². The molecule has 1 aromatic rings. The summed E-state index contributed by atoms with van der Waals surface area (Å²) in [4.78, 5) is 4.15. The third-order valence-electron chi connectivity index (χ3n) is 2.57. The fourth-order valence-electron chi connectivity index (χ4n) is 1.60. The first-order chi connectivity index (χ1) is 9.65. The van der Waals surface area contributed by atoms with Crippen molar-refractivity contribution in [1.82, 2.24) is 5.32 Å². The predicted molar refractivity (Wildman–Crippen MR) is 92.8 cm³/mol. The second-order valence-corrected chi connectivity index (χ2v) is 4.18. The standard InChI is InChI=1S/C14H22FN3O2.HI/c1-3-20-6-4-5-17-14(16)18-10-11-7-12(15)9-13(8-11)19-2;/h7-9H,3-6,10H2,1-2H3,(H3,16,17,18);1H. The van der Waals surface area contributed by atoms with Crippen molar-refractivity contribution < 1.29 is 13.9 Å². The normalized spacial score (nSPS) is 10.9. The molecule has 0 aromatic heterocycles. The zero-order valence-corrected chi connectivity index (χ0v) is 14.7. The molecule has 0 spiro atoms. The Morgan fingerprint density at radius 1 is 1.38 bits per heavy atom. The number of hydrogen-bond donors (Lipinski definition) is 2. The molecule has 0 fully saturated rings. The number of hydrogen-bond acceptors (Lipinski definition) is 3. The van der Waals surface area contributed by atoms with Gasteiger partial charge in [0, 0.05) is 25.8 Å². The molecule has 0 aliphatic carbocycles. The highest BCUT2D eigenvalue weighted by atomic mass is 127. The predicted octanol–water partition coefficient (Wildman–Crippen LogP) is 2.28. The molecule has 5 nitrogen and oxygen atoms in total. The van der Waals surface area contributed by atoms with Gasteiger partial charge in [0.15, 0.2) is 5.96 Å². The minimum Gasteiger partial charge on any atom is -0.497 e. The Morgan fingerprint density at radius 3 is 2.81 bits per heavy atom. The van der Waals surface area contributed by atoms with Gasteiger partial charge >= 0.3 is 0 Å². The van der Waals surface area contributed by atoms with Gasteiger partial charge in [0.2, 0.25) is 0 Å². The summed E-state index contributed by atoms with van der Waals surface area (Å²) in [5.74, 6) is 0.459. The van der Waals surface area contributed by atoms with Crippen LogP contribution in [0.4, 0.5) is 4.39 Å². The van der Waals surface area contributed by atoms with E-state index < -0.39 is 0 Å². The van der Waals surface area contributed by atoms with Crippen molar-refractivity contribution in [2.45, 2.75) is 19.9 Å². The molecule has 0 bridgehead atoms. The minimum absolute atomic E-state index is 0. The third-order valence-corrected chi connectivity index (χ3v) is 2.57. The van der Waals surface area contributed by atoms with Crippen LogP contribution in [0.1, 0.15) is 18.9 Å². The number of halogens is 2. The zero-order valence-electron chi connectivity index (χ0n) is 12.4. The first-order valence-corrected chi connectivity index (χ1v) is 6.60. The summed E-state index contributed by atoms with van der Waals surface area (Å²) in [6.45, 7) is 4.36. The van der Waals surface area contributed by atoms with Crippen molar-refractivity contribution in [2.75, 3.05) is 26.9 Å². The topological polar surface area (TPSA) is 68.9 Å². The molecule has 0 radical (unpaired) electrons. The zero-order chi connectivity index (χ0) is 14.8. The second kappa shape index (κ2) is 11.6. The van der Waals surface area contributed by atoms with Gasteiger partial charge in [-0.1, -0.05) is 0 Å². The lowest BCUT2D eigenvalue weighted by molar-refractivity contribution is 0.145. The first-order valence-electron chi connectivity index (χ1n) is 6.60. The molecule has 120 valence electrons. The molecule has 0 amide bonds. The van der Waals surface area contributed by atoms with Gasteiger partial charge in [-0.2, -0.15) is 0 Å². The van der Waals surface area contributed by atoms with Crippen LogP contribution < -0.4 is 15.8 Å². The molecule has 1 rings (SSSR count). The number of guanidine groups is 1. The molecule has 0 aliphatic heterocycles. The number of benzene rings is 1. The van der Waals surface area contributed by atoms with Crippen LogP contribution >= 0.6 is 24.0 Å². The highest BCUT2D eigenvalue weighted by molar-refractivity contribution is 14.0. The van der Waals surface area contributed by atoms with Crippen molar-refractivity contribution in [2.24, 2.45) is 10.7 Å². The van der Waals surface area contributed by atoms with Gasteiger partial charge in [-0.05, 0) is 31.0 Å². The molecule has 0 heterocycles. The Labute approximate surface area is 142 Å². The summed E-state index contributed by atoms with van der Waals surface area (Å²) < 4.78 is 23.5. The van der Waals surface area contributed by atoms with Crippen LogP contribution in [0, 0.1) is 5.82 Å². The Kier molecular flexibility index (Phi) is 11.0. The SMILES string of the molecule is CCOCCCNC(N)=NCc1cc(F)cc(OC)c1.I. The quantitative estimate of drug-likeness (QED) is 0.298. The van der Waals surface area contributed by atoms with Crippen molar-refractivity contribution >= 4 is 29.9 Å². The van der Waals surface area contributed by atoms with E-state index in [1.165, 1.54) is 19.2 Å². The number of nitrogens with two attached hydrogens (primary N) is 1. The van der Waals surface area contributed by atoms with E-state index in [4.69, 9.17) is 15.2 Å². The van der Waals surface area contributed by atoms with E-state index >= 15 is 0 Å². The molecular formula is C14H23FIN3O2. The first kappa shape index (κ1) is 19.9. The lowest BCUT2D eigenvalue weighted by Gasteiger charge is -2.06. The maximum atomic E-state index is 13.3. The Hall–Kier alpha value is -1.09. The number of nitrogens with zero attached hydrogens (tertiary/aromatic N) is 1. The van der Waals surface area contributed by atoms with Crippen LogP contribution in [-0.4, -0.2) is 32.8 Å². The molecule has 3 N–H and O–H groups in total. The van der Waals surface area contributed by atoms with E-state index in [9.17, 15) is 4.39 Å². The third kappa shape index (κ3) is 8.71. The summed E-state index contributed by atoms with van der Waals surface area (Å²) >= 11 is 0. The second-order valence-electron chi connectivity index (χ2n) is 4.18. The maximum Gasteiger partial charge on any atom is 0.188 e. The summed E-state index contributed by atoms with van der Waals surface area (Å²) in [6.07, 6.45) is 0.859. The lowest BCUT2D eigenvalue weighted by Crippen LogP contribution is -2.32. The van der Waals surface area contributed by atoms with Crippen molar-refractivity contribution in [3.63, 3.8) is 0 Å². The van der Waals surface area contributed by atoms with Gasteiger partial charge < -0.3 is 20.5 Å². The molecule has 0 atom stereocenters. The fraction of sp³-hybridized carbons (Fsp3) is 0.500. The summed E-state index contributed by atoms with van der Waals surface area (Å²) in [5, 5.41) is 2.98. The number of nitrogens with one attached hydrogen (secondary N) is 1. The Bertz CT molecular complexity index is 444. The van der Waals surface area contributed by atoms with Crippen molar-refractivity contribution in [3.8, 4) is 5.75 Å². The Morgan fingerprint density at radius 2 is 2.14 bits per heavy atom. The Balaban J connectivity index is 0.00000400. The van der Waals surface area contributed by atoms with Gasteiger partial charge in [-0.25, -0.2) is 9.38 Å². The fourth-order valence-corrected chi connectivity index (χ4v) is 1.60. The molecule has 0 saturated heterocycles. The van der Waals surface area contributed by atoms with Crippen LogP contribution in [-0.2, 0) is 11.3 Å².